The molecule has 1 aromatic heterocycles. The van der Waals surface area contributed by atoms with E-state index in [1.165, 1.54) is 0 Å². The van der Waals surface area contributed by atoms with Gasteiger partial charge in [0, 0.05) is 0 Å². The molecule has 0 radical (unpaired) electrons. The van der Waals surface area contributed by atoms with Crippen LogP contribution in [0.4, 0.5) is 0 Å². The molecule has 4 N–H and O–H groups in total. The zero-order chi connectivity index (χ0) is 6.85. The Labute approximate surface area is 49.1 Å². The molecule has 0 saturated heterocycles. The number of carbonyl (C=O) groups is 1. The Morgan fingerprint density at radius 2 is 2.33 bits per heavy atom. The summed E-state index contributed by atoms with van der Waals surface area (Å²) in [5.41, 5.74) is 4.20. The monoisotopic (exact) mass is 128 g/mol. The van der Waals surface area contributed by atoms with E-state index >= 15 is 0 Å². The molecule has 6 heteroatoms. The van der Waals surface area contributed by atoms with Crippen molar-refractivity contribution >= 4 is 5.91 Å². The second kappa shape index (κ2) is 1.73. The summed E-state index contributed by atoms with van der Waals surface area (Å²) < 4.78 is 0. The Hall–Kier alpha value is -1.59. The van der Waals surface area contributed by atoms with Gasteiger partial charge in [0.25, 0.3) is 5.91 Å². The van der Waals surface area contributed by atoms with Crippen LogP contribution in [0.3, 0.4) is 0 Å². The number of amides is 1. The van der Waals surface area contributed by atoms with Gasteiger partial charge in [-0.2, -0.15) is 0 Å². The van der Waals surface area contributed by atoms with Gasteiger partial charge >= 0.3 is 5.69 Å². The van der Waals surface area contributed by atoms with Gasteiger partial charge in [-0.25, -0.2) is 9.89 Å². The van der Waals surface area contributed by atoms with Crippen LogP contribution >= 0.6 is 0 Å². The summed E-state index contributed by atoms with van der Waals surface area (Å²) in [5.74, 6) is -0.909. The number of primary amides is 1. The van der Waals surface area contributed by atoms with Crippen molar-refractivity contribution in [1.82, 2.24) is 15.2 Å². The summed E-state index contributed by atoms with van der Waals surface area (Å²) in [6, 6.07) is 0. The molecule has 9 heavy (non-hydrogen) atoms. The third-order valence-electron chi connectivity index (χ3n) is 0.735. The molecular formula is C3H4N4O2. The van der Waals surface area contributed by atoms with Gasteiger partial charge in [-0.15, -0.1) is 5.10 Å². The molecule has 0 aliphatic heterocycles. The number of nitrogens with zero attached hydrogens (tertiary/aromatic N) is 1. The molecule has 1 amide bonds. The van der Waals surface area contributed by atoms with Gasteiger partial charge in [-0.05, 0) is 0 Å². The van der Waals surface area contributed by atoms with Gasteiger partial charge in [0.2, 0.25) is 5.82 Å². The number of aromatic amines is 2. The third-order valence-corrected chi connectivity index (χ3v) is 0.735. The van der Waals surface area contributed by atoms with Crippen LogP contribution in [0.5, 0.6) is 0 Å². The van der Waals surface area contributed by atoms with Crippen molar-refractivity contribution in [2.24, 2.45) is 5.73 Å². The van der Waals surface area contributed by atoms with E-state index in [1.807, 2.05) is 5.10 Å². The second-order valence-electron chi connectivity index (χ2n) is 1.39. The fraction of sp³-hybridized carbons (Fsp3) is 0. The van der Waals surface area contributed by atoms with E-state index in [1.54, 1.807) is 0 Å². The summed E-state index contributed by atoms with van der Waals surface area (Å²) >= 11 is 0. The number of aromatic nitrogens is 3. The molecule has 0 aromatic carbocycles. The summed E-state index contributed by atoms with van der Waals surface area (Å²) in [6.07, 6.45) is 0. The van der Waals surface area contributed by atoms with Gasteiger partial charge < -0.3 is 5.73 Å². The van der Waals surface area contributed by atoms with Crippen molar-refractivity contribution in [2.75, 3.05) is 0 Å². The van der Waals surface area contributed by atoms with E-state index in [-0.39, 0.29) is 5.82 Å². The van der Waals surface area contributed by atoms with Crippen molar-refractivity contribution in [3.8, 4) is 0 Å². The maximum absolute atomic E-state index is 10.2. The van der Waals surface area contributed by atoms with Crippen LogP contribution in [0.2, 0.25) is 0 Å². The molecule has 0 saturated carbocycles. The first-order valence-corrected chi connectivity index (χ1v) is 2.14. The van der Waals surface area contributed by atoms with Gasteiger partial charge in [0.15, 0.2) is 0 Å². The first-order valence-electron chi connectivity index (χ1n) is 2.14. The molecule has 0 atom stereocenters. The lowest BCUT2D eigenvalue weighted by atomic mass is 10.6. The molecular weight excluding hydrogens is 124 g/mol. The van der Waals surface area contributed by atoms with Crippen LogP contribution in [-0.4, -0.2) is 21.1 Å². The molecule has 0 fully saturated rings. The van der Waals surface area contributed by atoms with Crippen LogP contribution in [0.25, 0.3) is 0 Å². The average molecular weight is 128 g/mol. The SMILES string of the molecule is NC(=O)c1n[nH]c(=O)[nH]1. The minimum absolute atomic E-state index is 0.153. The molecule has 0 aliphatic rings. The summed E-state index contributed by atoms with van der Waals surface area (Å²) in [4.78, 5) is 22.5. The van der Waals surface area contributed by atoms with Crippen molar-refractivity contribution in [2.45, 2.75) is 0 Å². The lowest BCUT2D eigenvalue weighted by Crippen LogP contribution is -2.14. The highest BCUT2D eigenvalue weighted by Gasteiger charge is 2.01. The fourth-order valence-corrected chi connectivity index (χ4v) is 0.387. The third kappa shape index (κ3) is 0.958. The Balaban J connectivity index is 3.12. The van der Waals surface area contributed by atoms with Gasteiger partial charge in [0.05, 0.1) is 0 Å². The number of nitrogens with two attached hydrogens (primary N) is 1. The molecule has 48 valence electrons. The predicted molar refractivity (Wildman–Crippen MR) is 27.7 cm³/mol. The first-order chi connectivity index (χ1) is 4.20. The van der Waals surface area contributed by atoms with E-state index < -0.39 is 11.6 Å². The van der Waals surface area contributed by atoms with E-state index in [2.05, 4.69) is 10.1 Å². The van der Waals surface area contributed by atoms with E-state index in [4.69, 9.17) is 5.73 Å². The highest BCUT2D eigenvalue weighted by molar-refractivity contribution is 5.88. The minimum Gasteiger partial charge on any atom is -0.363 e. The molecule has 1 heterocycles. The van der Waals surface area contributed by atoms with Crippen molar-refractivity contribution in [1.29, 1.82) is 0 Å². The normalized spacial score (nSPS) is 9.33. The maximum Gasteiger partial charge on any atom is 0.341 e. The standard InChI is InChI=1S/C3H4N4O2/c4-1(8)2-5-3(9)7-6-2/h(H2,4,8)(H2,5,6,7,9). The second-order valence-corrected chi connectivity index (χ2v) is 1.39. The Morgan fingerprint density at radius 3 is 2.56 bits per heavy atom. The van der Waals surface area contributed by atoms with Crippen LogP contribution in [0, 0.1) is 0 Å². The number of H-pyrrole nitrogens is 2. The summed E-state index contributed by atoms with van der Waals surface area (Å²) in [5, 5.41) is 5.24. The molecule has 0 aliphatic carbocycles. The Bertz CT molecular complexity index is 271. The molecule has 1 aromatic rings. The minimum atomic E-state index is -0.756. The number of hydrogen-bond donors (Lipinski definition) is 3. The number of nitrogens with one attached hydrogen (secondary N) is 2. The number of carbonyl (C=O) groups excluding carboxylic acids is 1. The highest BCUT2D eigenvalue weighted by Crippen LogP contribution is 1.74. The zero-order valence-electron chi connectivity index (χ0n) is 4.34. The summed E-state index contributed by atoms with van der Waals surface area (Å²) in [7, 11) is 0. The highest BCUT2D eigenvalue weighted by atomic mass is 16.2. The van der Waals surface area contributed by atoms with Gasteiger partial charge in [0.1, 0.15) is 0 Å². The van der Waals surface area contributed by atoms with Gasteiger partial charge in [-0.3, -0.25) is 9.78 Å². The zero-order valence-corrected chi connectivity index (χ0v) is 4.34. The van der Waals surface area contributed by atoms with Crippen LogP contribution < -0.4 is 11.4 Å². The lowest BCUT2D eigenvalue weighted by Gasteiger charge is -1.78. The molecule has 1 rings (SSSR count). The molecule has 0 bridgehead atoms. The van der Waals surface area contributed by atoms with E-state index in [0.717, 1.165) is 0 Å². The first kappa shape index (κ1) is 5.54. The van der Waals surface area contributed by atoms with Crippen LogP contribution in [0.15, 0.2) is 4.79 Å². The topological polar surface area (TPSA) is 105 Å². The molecule has 6 nitrogen and oxygen atoms in total. The lowest BCUT2D eigenvalue weighted by molar-refractivity contribution is 0.0991. The fourth-order valence-electron chi connectivity index (χ4n) is 0.387. The van der Waals surface area contributed by atoms with E-state index in [9.17, 15) is 9.59 Å². The van der Waals surface area contributed by atoms with Crippen molar-refractivity contribution in [3.63, 3.8) is 0 Å². The van der Waals surface area contributed by atoms with Crippen molar-refractivity contribution in [3.05, 3.63) is 16.3 Å². The van der Waals surface area contributed by atoms with E-state index in [0.29, 0.717) is 0 Å². The Kier molecular flexibility index (Phi) is 1.07. The largest absolute Gasteiger partial charge is 0.363 e. The average Bonchev–Trinajstić information content (AvgIpc) is 2.14. The predicted octanol–water partition coefficient (Wildman–Crippen LogP) is -1.80. The van der Waals surface area contributed by atoms with Crippen LogP contribution in [-0.2, 0) is 0 Å². The number of hydrogen-bond acceptors (Lipinski definition) is 3. The maximum atomic E-state index is 10.2. The summed E-state index contributed by atoms with van der Waals surface area (Å²) in [6.45, 7) is 0. The molecule has 0 unspecified atom stereocenters. The van der Waals surface area contributed by atoms with Crippen LogP contribution in [0.1, 0.15) is 10.6 Å². The molecule has 0 spiro atoms. The van der Waals surface area contributed by atoms with Crippen molar-refractivity contribution < 1.29 is 4.79 Å². The smallest absolute Gasteiger partial charge is 0.341 e. The Morgan fingerprint density at radius 1 is 1.67 bits per heavy atom. The van der Waals surface area contributed by atoms with Gasteiger partial charge in [-0.1, -0.05) is 0 Å². The quantitative estimate of drug-likeness (QED) is 0.415. The number of rotatable bonds is 1.